The number of nitrogens with one attached hydrogen (secondary N) is 4. The summed E-state index contributed by atoms with van der Waals surface area (Å²) < 4.78 is 133. The predicted molar refractivity (Wildman–Crippen MR) is 457 cm³/mol. The highest BCUT2D eigenvalue weighted by atomic mass is 16.8. The van der Waals surface area contributed by atoms with Crippen molar-refractivity contribution in [2.24, 2.45) is 0 Å². The second kappa shape index (κ2) is 53.5. The molecule has 11 saturated heterocycles. The normalized spacial score (nSPS) is 47.5. The van der Waals surface area contributed by atoms with Crippen molar-refractivity contribution in [1.82, 2.24) is 21.3 Å². The van der Waals surface area contributed by atoms with E-state index in [0.717, 1.165) is 27.7 Å². The first-order valence-corrected chi connectivity index (χ1v) is 47.3. The highest BCUT2D eigenvalue weighted by molar-refractivity contribution is 5.77. The van der Waals surface area contributed by atoms with Crippen LogP contribution in [0.4, 0.5) is 0 Å². The minimum Gasteiger partial charge on any atom is -0.477 e. The molecular formula is C83H140N4O61. The molecule has 65 heteroatoms. The van der Waals surface area contributed by atoms with Crippen molar-refractivity contribution in [3.63, 3.8) is 0 Å². The minimum atomic E-state index is -3.45. The Morgan fingerprint density at radius 2 is 0.635 bits per heavy atom. The zero-order valence-electron chi connectivity index (χ0n) is 80.1. The summed E-state index contributed by atoms with van der Waals surface area (Å²) in [5, 5.41) is 392. The van der Waals surface area contributed by atoms with E-state index in [0.29, 0.717) is 0 Å². The molecule has 0 saturated carbocycles. The van der Waals surface area contributed by atoms with Gasteiger partial charge in [-0.15, -0.1) is 0 Å². The number of carboxylic acid groups (broad SMARTS) is 1. The average molecular weight is 2170 g/mol. The summed E-state index contributed by atoms with van der Waals surface area (Å²) in [5.41, 5.74) is 0. The number of hydrogen-bond donors (Lipinski definition) is 38. The van der Waals surface area contributed by atoms with Crippen LogP contribution in [0.3, 0.4) is 0 Å². The molecule has 0 spiro atoms. The topological polar surface area (TPSA) is 1020 Å². The number of amides is 4. The number of aliphatic hydroxyl groups is 33. The molecule has 858 valence electrons. The second-order valence-corrected chi connectivity index (χ2v) is 37.7. The summed E-state index contributed by atoms with van der Waals surface area (Å²) in [5.74, 6) is -9.93. The van der Waals surface area contributed by atoms with Gasteiger partial charge in [-0.05, 0) is 20.8 Å². The quantitative estimate of drug-likeness (QED) is 0.0270. The van der Waals surface area contributed by atoms with E-state index < -0.39 is 470 Å². The molecule has 11 rings (SSSR count). The van der Waals surface area contributed by atoms with Gasteiger partial charge in [-0.25, -0.2) is 4.79 Å². The van der Waals surface area contributed by atoms with Crippen LogP contribution in [0.25, 0.3) is 0 Å². The van der Waals surface area contributed by atoms with Gasteiger partial charge in [0.05, 0.1) is 96.5 Å². The minimum absolute atomic E-state index is 0.800. The predicted octanol–water partition coefficient (Wildman–Crippen LogP) is -24.7. The van der Waals surface area contributed by atoms with E-state index in [1.807, 2.05) is 0 Å². The molecule has 65 nitrogen and oxygen atoms in total. The summed E-state index contributed by atoms with van der Waals surface area (Å²) in [6.45, 7) is -5.96. The Morgan fingerprint density at radius 1 is 0.304 bits per heavy atom. The number of carboxylic acids is 1. The zero-order valence-corrected chi connectivity index (χ0v) is 80.1. The van der Waals surface area contributed by atoms with Crippen LogP contribution in [-0.4, -0.2) is 637 Å². The Bertz CT molecular complexity index is 4130. The van der Waals surface area contributed by atoms with Gasteiger partial charge < -0.3 is 299 Å². The van der Waals surface area contributed by atoms with Gasteiger partial charge in [-0.2, -0.15) is 0 Å². The van der Waals surface area contributed by atoms with Gasteiger partial charge in [0, 0.05) is 34.1 Å². The fourth-order valence-electron chi connectivity index (χ4n) is 19.0. The van der Waals surface area contributed by atoms with E-state index in [4.69, 9.17) is 104 Å². The lowest BCUT2D eigenvalue weighted by Crippen LogP contribution is -2.72. The first-order valence-electron chi connectivity index (χ1n) is 47.3. The molecule has 11 fully saturated rings. The third-order valence-corrected chi connectivity index (χ3v) is 27.2. The van der Waals surface area contributed by atoms with Crippen molar-refractivity contribution in [1.29, 1.82) is 0 Å². The van der Waals surface area contributed by atoms with Crippen molar-refractivity contribution < 1.29 is 302 Å². The van der Waals surface area contributed by atoms with Crippen molar-refractivity contribution in [2.45, 2.75) is 422 Å². The first-order chi connectivity index (χ1) is 69.7. The third kappa shape index (κ3) is 27.2. The van der Waals surface area contributed by atoms with E-state index in [9.17, 15) is 198 Å². The van der Waals surface area contributed by atoms with Gasteiger partial charge in [0.2, 0.25) is 23.6 Å². The molecule has 11 heterocycles. The van der Waals surface area contributed by atoms with Gasteiger partial charge in [0.25, 0.3) is 5.79 Å². The van der Waals surface area contributed by atoms with E-state index in [-0.39, 0.29) is 0 Å². The molecule has 4 amide bonds. The van der Waals surface area contributed by atoms with Gasteiger partial charge in [0.15, 0.2) is 62.9 Å². The van der Waals surface area contributed by atoms with Crippen molar-refractivity contribution in [2.75, 3.05) is 66.1 Å². The van der Waals surface area contributed by atoms with E-state index >= 15 is 0 Å². The monoisotopic (exact) mass is 2170 g/mol. The number of aliphatic hydroxyl groups excluding tert-OH is 33. The van der Waals surface area contributed by atoms with E-state index in [2.05, 4.69) is 21.3 Å². The number of rotatable bonds is 42. The Hall–Kier alpha value is -4.85. The number of hydrogen-bond acceptors (Lipinski definition) is 60. The molecule has 148 heavy (non-hydrogen) atoms. The smallest absolute Gasteiger partial charge is 0.364 e. The lowest BCUT2D eigenvalue weighted by molar-refractivity contribution is -0.399. The first kappa shape index (κ1) is 123. The Kier molecular flexibility index (Phi) is 44.6. The van der Waals surface area contributed by atoms with Crippen LogP contribution in [0, 0.1) is 0 Å². The number of carbonyl (C=O) groups is 5. The fraction of sp³-hybridized carbons (Fsp3) is 0.940. The summed E-state index contributed by atoms with van der Waals surface area (Å²) in [7, 11) is 0. The molecule has 11 aliphatic rings. The molecule has 60 atom stereocenters. The SMILES string of the molecule is CC(=O)N[C@H]1[C@H](O[C@H]2[C@@H](O)[C@@H](CO)O[C@@H](O[C@H]3[C@H](O[C@@H]4O[C@@H](C)[C@@H](O)[C@@H](O)[C@@H]4O)[C@@H](NC(C)=O)[C@H](OC[C@H]4O[C@@H](O[C@@H]([C@H](O)[C@@H](O)CO)[C@H](O)CO)[C@H](O)[C@@H](O[C@@H]5O[C@H](CO)[C@@H](O[C@@H]6O[C@@H](C)[C@@H](O)[C@@H](O)[C@@H]6O)[C@H](O[C@@H]6O[C@H](CO)[C@H](O)[C@H](O[C@]7(C(=O)O)C[C@H](O)[C@@H](NC(C)=O)[C@H]([C@H](O)[C@H](O)CO)O7)[C@H]6O)[C@H]5NC(C)=O)[C@H]4O)O[C@@H]3CO)[C@@H]2O)O[C@H](CO)[C@@H](O[C@@H]2O[C@H](CO)[C@H](O)[C@H](O)[C@H]2O[C@@H]2O[C@@H](C)[C@@H](O)[C@@H](O)[C@@H]2O)[C@@H]1O. The lowest BCUT2D eigenvalue weighted by Gasteiger charge is -2.52. The van der Waals surface area contributed by atoms with Crippen molar-refractivity contribution >= 4 is 29.6 Å². The van der Waals surface area contributed by atoms with Crippen LogP contribution in [-0.2, 0) is 128 Å². The fourth-order valence-corrected chi connectivity index (χ4v) is 19.0. The molecule has 0 aromatic rings. The largest absolute Gasteiger partial charge is 0.477 e. The Labute approximate surface area is 838 Å². The third-order valence-electron chi connectivity index (χ3n) is 27.2. The highest BCUT2D eigenvalue weighted by Crippen LogP contribution is 2.45. The maximum atomic E-state index is 13.9. The van der Waals surface area contributed by atoms with Gasteiger partial charge in [-0.3, -0.25) is 19.2 Å². The van der Waals surface area contributed by atoms with E-state index in [1.165, 1.54) is 20.8 Å². The maximum absolute atomic E-state index is 13.9. The molecule has 0 aromatic carbocycles. The molecule has 0 aromatic heterocycles. The summed E-state index contributed by atoms with van der Waals surface area (Å²) >= 11 is 0. The lowest BCUT2D eigenvalue weighted by atomic mass is 9.88. The molecule has 38 N–H and O–H groups in total. The molecule has 0 aliphatic carbocycles. The van der Waals surface area contributed by atoms with Crippen LogP contribution < -0.4 is 21.3 Å². The van der Waals surface area contributed by atoms with Crippen LogP contribution in [0.2, 0.25) is 0 Å². The van der Waals surface area contributed by atoms with Crippen LogP contribution in [0.5, 0.6) is 0 Å². The van der Waals surface area contributed by atoms with Crippen LogP contribution >= 0.6 is 0 Å². The zero-order chi connectivity index (χ0) is 110. The van der Waals surface area contributed by atoms with Gasteiger partial charge >= 0.3 is 5.97 Å². The molecule has 0 unspecified atom stereocenters. The Morgan fingerprint density at radius 3 is 1.07 bits per heavy atom. The number of carbonyl (C=O) groups excluding carboxylic acids is 4. The van der Waals surface area contributed by atoms with Crippen molar-refractivity contribution in [3.05, 3.63) is 0 Å². The highest BCUT2D eigenvalue weighted by Gasteiger charge is 2.66. The van der Waals surface area contributed by atoms with E-state index in [1.54, 1.807) is 0 Å². The maximum Gasteiger partial charge on any atom is 0.364 e. The molecule has 11 aliphatic heterocycles. The summed E-state index contributed by atoms with van der Waals surface area (Å²) in [4.78, 5) is 67.1. The Balaban J connectivity index is 0.937. The van der Waals surface area contributed by atoms with Gasteiger partial charge in [-0.1, -0.05) is 0 Å². The van der Waals surface area contributed by atoms with Crippen molar-refractivity contribution in [3.8, 4) is 0 Å². The van der Waals surface area contributed by atoms with Gasteiger partial charge in [0.1, 0.15) is 268 Å². The number of ether oxygens (including phenoxy) is 22. The summed E-state index contributed by atoms with van der Waals surface area (Å²) in [6, 6.07) is -8.37. The number of aliphatic carboxylic acids is 1. The van der Waals surface area contributed by atoms with Crippen LogP contribution in [0.1, 0.15) is 54.9 Å². The molecule has 0 bridgehead atoms. The second-order valence-electron chi connectivity index (χ2n) is 37.7. The standard InChI is InChI=1S/C83H140N4O61/c1-19-41(105)51(115)55(119)75(128-19)140-64-35(17-96)136-74(40(87-25(7)100)67(64)143-80-60(124)70(48(112)32(14-93)132-80)148-83(82(125)126)8-26(101)37(84-22(4)97)65(147-83)45(109)28(103)10-89)145-69-49(113)36(137-79(59(69)123)138-61(29(104)11-90)44(108)27(102)9-88)18-127-72-39(86-24(6)99)66(142-76-56(120)52(116)42(106)20(2)129-76)63(34(16-95)134-72)141-78-58(122)68(47(111)31(13-92)131-78)144-73-38(85-23(5)98)50(114)62(33(15-94)135-73)139-81-71(54(118)46(110)30(12-91)133-81)146-77-57(121)53(117)43(107)21(3)130-77/h19-21,26-81,88-96,101-124H,8-18H2,1-7H3,(H,84,97)(H,85,98)(H,86,99)(H,87,100)(H,125,126)/t19-,20-,21-,26-,27-,28+,29+,30+,31+,32+,33+,34+,35+,36+,37+,38+,39+,40+,41+,42+,43+,44+,45+,46-,47-,48-,49-,50+,51+,52+,53+,54-,55-,56-,57-,58+,59+,60+,61+,62+,63+,64+,65+,66+,67+,68-,69-,70-,71+,72+,73-,74-,75-,76-,77-,78-,79-,80-,81-,83-/m0/s1. The molecule has 0 radical (unpaired) electrons. The summed E-state index contributed by atoms with van der Waals surface area (Å²) in [6.07, 6.45) is -124. The van der Waals surface area contributed by atoms with Crippen LogP contribution in [0.15, 0.2) is 0 Å². The average Bonchev–Trinajstić information content (AvgIpc) is 0.748. The molecular weight excluding hydrogens is 2030 g/mol.